The van der Waals surface area contributed by atoms with E-state index in [4.69, 9.17) is 5.73 Å². The first-order chi connectivity index (χ1) is 8.00. The lowest BCUT2D eigenvalue weighted by molar-refractivity contribution is -0.305. The molecule has 0 atom stereocenters. The van der Waals surface area contributed by atoms with Crippen LogP contribution in [0.15, 0.2) is 18.2 Å². The number of hydrogen-bond acceptors (Lipinski definition) is 4. The number of carbonyl (C=O) groups excluding carboxylic acids is 2. The number of carboxylic acids is 1. The minimum atomic E-state index is -1.08. The summed E-state index contributed by atoms with van der Waals surface area (Å²) in [6.45, 7) is 1.90. The topological polar surface area (TPSA) is 83.2 Å². The molecule has 2 N–H and O–H groups in total. The standard InChI is InChI=1S/C13H17NO3/c1-9-6-7-11(14)10(8-9)12(15)4-2-3-5-13(16)17/h6-8H,2-5,14H2,1H3,(H,16,17)/p-1. The molecule has 1 aromatic rings. The Morgan fingerprint density at radius 3 is 2.53 bits per heavy atom. The number of aryl methyl sites for hydroxylation is 1. The lowest BCUT2D eigenvalue weighted by Gasteiger charge is -2.06. The highest BCUT2D eigenvalue weighted by Gasteiger charge is 2.09. The minimum Gasteiger partial charge on any atom is -0.550 e. The fourth-order valence-electron chi connectivity index (χ4n) is 1.60. The van der Waals surface area contributed by atoms with E-state index in [0.717, 1.165) is 5.56 Å². The maximum absolute atomic E-state index is 11.8. The van der Waals surface area contributed by atoms with Crippen molar-refractivity contribution in [2.75, 3.05) is 5.73 Å². The van der Waals surface area contributed by atoms with Gasteiger partial charge in [-0.05, 0) is 38.3 Å². The lowest BCUT2D eigenvalue weighted by atomic mass is 10.0. The third-order valence-electron chi connectivity index (χ3n) is 2.54. The third kappa shape index (κ3) is 4.26. The molecular weight excluding hydrogens is 218 g/mol. The molecule has 0 fully saturated rings. The second-order valence-corrected chi connectivity index (χ2v) is 4.09. The molecule has 1 aromatic carbocycles. The summed E-state index contributed by atoms with van der Waals surface area (Å²) in [6, 6.07) is 5.32. The molecule has 0 amide bonds. The summed E-state index contributed by atoms with van der Waals surface area (Å²) in [5.41, 5.74) is 7.70. The summed E-state index contributed by atoms with van der Waals surface area (Å²) in [4.78, 5) is 22.0. The van der Waals surface area contributed by atoms with Crippen molar-refractivity contribution in [3.63, 3.8) is 0 Å². The van der Waals surface area contributed by atoms with Gasteiger partial charge in [0, 0.05) is 23.6 Å². The van der Waals surface area contributed by atoms with Gasteiger partial charge < -0.3 is 15.6 Å². The van der Waals surface area contributed by atoms with E-state index in [1.54, 1.807) is 12.1 Å². The van der Waals surface area contributed by atoms with Gasteiger partial charge in [0.25, 0.3) is 0 Å². The van der Waals surface area contributed by atoms with Crippen molar-refractivity contribution in [1.29, 1.82) is 0 Å². The van der Waals surface area contributed by atoms with E-state index < -0.39 is 5.97 Å². The Morgan fingerprint density at radius 2 is 1.88 bits per heavy atom. The van der Waals surface area contributed by atoms with E-state index in [1.807, 2.05) is 13.0 Å². The summed E-state index contributed by atoms with van der Waals surface area (Å²) >= 11 is 0. The fraction of sp³-hybridized carbons (Fsp3) is 0.385. The maximum atomic E-state index is 11.8. The average Bonchev–Trinajstić information content (AvgIpc) is 2.27. The highest BCUT2D eigenvalue weighted by molar-refractivity contribution is 6.00. The zero-order valence-corrected chi connectivity index (χ0v) is 9.86. The summed E-state index contributed by atoms with van der Waals surface area (Å²) in [5, 5.41) is 10.2. The Labute approximate surface area is 100 Å². The number of hydrogen-bond donors (Lipinski definition) is 1. The zero-order valence-electron chi connectivity index (χ0n) is 9.86. The molecule has 0 saturated heterocycles. The Hall–Kier alpha value is -1.84. The van der Waals surface area contributed by atoms with E-state index in [9.17, 15) is 14.7 Å². The molecule has 0 unspecified atom stereocenters. The van der Waals surface area contributed by atoms with Gasteiger partial charge in [-0.2, -0.15) is 0 Å². The number of nitrogen functional groups attached to an aromatic ring is 1. The van der Waals surface area contributed by atoms with Gasteiger partial charge in [-0.15, -0.1) is 0 Å². The SMILES string of the molecule is Cc1ccc(N)c(C(=O)CCCCC(=O)[O-])c1. The van der Waals surface area contributed by atoms with Gasteiger partial charge in [-0.25, -0.2) is 0 Å². The van der Waals surface area contributed by atoms with Crippen LogP contribution in [0.2, 0.25) is 0 Å². The van der Waals surface area contributed by atoms with Crippen molar-refractivity contribution in [1.82, 2.24) is 0 Å². The monoisotopic (exact) mass is 234 g/mol. The number of benzene rings is 1. The van der Waals surface area contributed by atoms with E-state index in [1.165, 1.54) is 0 Å². The summed E-state index contributed by atoms with van der Waals surface area (Å²) in [5.74, 6) is -1.11. The molecule has 0 saturated carbocycles. The highest BCUT2D eigenvalue weighted by Crippen LogP contribution is 2.17. The zero-order chi connectivity index (χ0) is 12.8. The molecule has 92 valence electrons. The number of anilines is 1. The number of rotatable bonds is 6. The van der Waals surface area contributed by atoms with Crippen LogP contribution in [-0.4, -0.2) is 11.8 Å². The second kappa shape index (κ2) is 6.03. The van der Waals surface area contributed by atoms with E-state index in [2.05, 4.69) is 0 Å². The van der Waals surface area contributed by atoms with Crippen LogP contribution in [0.1, 0.15) is 41.6 Å². The lowest BCUT2D eigenvalue weighted by Crippen LogP contribution is -2.21. The first-order valence-corrected chi connectivity index (χ1v) is 5.60. The average molecular weight is 234 g/mol. The molecule has 4 heteroatoms. The number of unbranched alkanes of at least 4 members (excludes halogenated alkanes) is 1. The molecule has 17 heavy (non-hydrogen) atoms. The van der Waals surface area contributed by atoms with Gasteiger partial charge in [0.1, 0.15) is 0 Å². The molecular formula is C13H16NO3-. The largest absolute Gasteiger partial charge is 0.550 e. The minimum absolute atomic E-state index is 0.00339. The smallest absolute Gasteiger partial charge is 0.164 e. The number of carbonyl (C=O) groups is 2. The molecule has 0 bridgehead atoms. The highest BCUT2D eigenvalue weighted by atomic mass is 16.4. The Morgan fingerprint density at radius 1 is 1.24 bits per heavy atom. The van der Waals surface area contributed by atoms with Crippen molar-refractivity contribution >= 4 is 17.4 Å². The number of nitrogens with two attached hydrogens (primary N) is 1. The van der Waals surface area contributed by atoms with Gasteiger partial charge >= 0.3 is 0 Å². The van der Waals surface area contributed by atoms with Crippen LogP contribution >= 0.6 is 0 Å². The van der Waals surface area contributed by atoms with Crippen LogP contribution in [0, 0.1) is 6.92 Å². The molecule has 0 aliphatic heterocycles. The van der Waals surface area contributed by atoms with Crippen LogP contribution in [0.3, 0.4) is 0 Å². The van der Waals surface area contributed by atoms with Gasteiger partial charge in [0.15, 0.2) is 5.78 Å². The van der Waals surface area contributed by atoms with Crippen molar-refractivity contribution in [2.45, 2.75) is 32.6 Å². The van der Waals surface area contributed by atoms with Crippen LogP contribution in [0.25, 0.3) is 0 Å². The van der Waals surface area contributed by atoms with Gasteiger partial charge in [0.05, 0.1) is 0 Å². The molecule has 0 spiro atoms. The van der Waals surface area contributed by atoms with Crippen molar-refractivity contribution in [2.24, 2.45) is 0 Å². The molecule has 1 rings (SSSR count). The third-order valence-corrected chi connectivity index (χ3v) is 2.54. The molecule has 0 aromatic heterocycles. The predicted molar refractivity (Wildman–Crippen MR) is 63.4 cm³/mol. The summed E-state index contributed by atoms with van der Waals surface area (Å²) in [6.07, 6.45) is 1.32. The summed E-state index contributed by atoms with van der Waals surface area (Å²) in [7, 11) is 0. The van der Waals surface area contributed by atoms with Crippen LogP contribution < -0.4 is 10.8 Å². The van der Waals surface area contributed by atoms with Gasteiger partial charge in [-0.1, -0.05) is 11.6 Å². The van der Waals surface area contributed by atoms with E-state index in [0.29, 0.717) is 30.5 Å². The number of ketones is 1. The van der Waals surface area contributed by atoms with Crippen molar-refractivity contribution < 1.29 is 14.7 Å². The molecule has 4 nitrogen and oxygen atoms in total. The molecule has 0 aliphatic rings. The first-order valence-electron chi connectivity index (χ1n) is 5.60. The Balaban J connectivity index is 2.52. The normalized spacial score (nSPS) is 10.2. The van der Waals surface area contributed by atoms with E-state index in [-0.39, 0.29) is 12.2 Å². The van der Waals surface area contributed by atoms with Gasteiger partial charge in [-0.3, -0.25) is 4.79 Å². The van der Waals surface area contributed by atoms with Crippen molar-refractivity contribution in [3.05, 3.63) is 29.3 Å². The number of Topliss-reactive ketones (excluding diaryl/α,β-unsaturated/α-hetero) is 1. The van der Waals surface area contributed by atoms with E-state index >= 15 is 0 Å². The maximum Gasteiger partial charge on any atom is 0.164 e. The Kier molecular flexibility index (Phi) is 4.69. The second-order valence-electron chi connectivity index (χ2n) is 4.09. The Bertz CT molecular complexity index is 427. The first kappa shape index (κ1) is 13.2. The quantitative estimate of drug-likeness (QED) is 0.453. The van der Waals surface area contributed by atoms with Gasteiger partial charge in [0.2, 0.25) is 0 Å². The summed E-state index contributed by atoms with van der Waals surface area (Å²) < 4.78 is 0. The molecule has 0 heterocycles. The van der Waals surface area contributed by atoms with Crippen LogP contribution in [-0.2, 0) is 4.79 Å². The van der Waals surface area contributed by atoms with Crippen LogP contribution in [0.5, 0.6) is 0 Å². The number of aliphatic carboxylic acids is 1. The molecule has 0 aliphatic carbocycles. The van der Waals surface area contributed by atoms with Crippen molar-refractivity contribution in [3.8, 4) is 0 Å². The number of carboxylic acid groups (broad SMARTS) is 1. The predicted octanol–water partition coefficient (Wildman–Crippen LogP) is 1.07. The van der Waals surface area contributed by atoms with Crippen LogP contribution in [0.4, 0.5) is 5.69 Å². The fourth-order valence-corrected chi connectivity index (χ4v) is 1.60. The molecule has 0 radical (unpaired) electrons.